The Balaban J connectivity index is 1.79. The molecule has 158 valence electrons. The molecule has 0 spiro atoms. The van der Waals surface area contributed by atoms with Crippen molar-refractivity contribution in [2.24, 2.45) is 0 Å². The normalized spacial score (nSPS) is 11.0. The number of amides is 1. The molecular formula is C22H20FN5O3. The Morgan fingerprint density at radius 1 is 1.03 bits per heavy atom. The van der Waals surface area contributed by atoms with Crippen molar-refractivity contribution in [3.05, 3.63) is 93.1 Å². The molecule has 0 atom stereocenters. The average molecular weight is 421 g/mol. The van der Waals surface area contributed by atoms with Gasteiger partial charge in [0, 0.05) is 6.54 Å². The summed E-state index contributed by atoms with van der Waals surface area (Å²) in [6.45, 7) is 1.96. The third kappa shape index (κ3) is 3.89. The molecule has 0 bridgehead atoms. The molecule has 0 aliphatic rings. The van der Waals surface area contributed by atoms with Gasteiger partial charge >= 0.3 is 5.69 Å². The molecule has 2 aromatic heterocycles. The van der Waals surface area contributed by atoms with Crippen molar-refractivity contribution in [3.63, 3.8) is 0 Å². The maximum absolute atomic E-state index is 13.9. The predicted octanol–water partition coefficient (Wildman–Crippen LogP) is 2.21. The van der Waals surface area contributed by atoms with Gasteiger partial charge in [-0.25, -0.2) is 18.7 Å². The number of carbonyl (C=O) groups is 1. The summed E-state index contributed by atoms with van der Waals surface area (Å²) in [6, 6.07) is 15.0. The van der Waals surface area contributed by atoms with E-state index in [4.69, 9.17) is 0 Å². The number of benzene rings is 2. The average Bonchev–Trinajstić information content (AvgIpc) is 3.21. The zero-order chi connectivity index (χ0) is 22.0. The minimum Gasteiger partial charge on any atom is -0.325 e. The molecule has 0 saturated carbocycles. The first-order chi connectivity index (χ1) is 15.0. The van der Waals surface area contributed by atoms with Crippen LogP contribution in [0.15, 0.2) is 70.5 Å². The Kier molecular flexibility index (Phi) is 5.48. The number of hydrogen-bond donors (Lipinski definition) is 1. The lowest BCUT2D eigenvalue weighted by Crippen LogP contribution is -2.43. The Morgan fingerprint density at radius 2 is 1.74 bits per heavy atom. The van der Waals surface area contributed by atoms with E-state index >= 15 is 0 Å². The Hall–Kier alpha value is -4.01. The molecule has 31 heavy (non-hydrogen) atoms. The fourth-order valence-corrected chi connectivity index (χ4v) is 3.42. The van der Waals surface area contributed by atoms with E-state index in [0.717, 1.165) is 10.1 Å². The van der Waals surface area contributed by atoms with E-state index in [9.17, 15) is 18.8 Å². The molecule has 1 amide bonds. The fourth-order valence-electron chi connectivity index (χ4n) is 3.42. The maximum atomic E-state index is 13.9. The predicted molar refractivity (Wildman–Crippen MR) is 115 cm³/mol. The zero-order valence-corrected chi connectivity index (χ0v) is 16.8. The van der Waals surface area contributed by atoms with Gasteiger partial charge in [-0.2, -0.15) is 0 Å². The van der Waals surface area contributed by atoms with Crippen molar-refractivity contribution >= 4 is 22.8 Å². The first-order valence-electron chi connectivity index (χ1n) is 9.76. The van der Waals surface area contributed by atoms with Gasteiger partial charge in [-0.1, -0.05) is 42.5 Å². The highest BCUT2D eigenvalue weighted by molar-refractivity contribution is 5.90. The number of para-hydroxylation sites is 1. The van der Waals surface area contributed by atoms with Crippen LogP contribution in [0.1, 0.15) is 12.5 Å². The van der Waals surface area contributed by atoms with Gasteiger partial charge in [0.25, 0.3) is 5.56 Å². The van der Waals surface area contributed by atoms with Gasteiger partial charge in [0.15, 0.2) is 11.2 Å². The van der Waals surface area contributed by atoms with Crippen LogP contribution in [0.5, 0.6) is 0 Å². The number of rotatable bonds is 6. The molecule has 0 aliphatic heterocycles. The Bertz CT molecular complexity index is 1370. The zero-order valence-electron chi connectivity index (χ0n) is 16.8. The fraction of sp³-hybridized carbons (Fsp3) is 0.182. The number of nitrogens with one attached hydrogen (secondary N) is 1. The first-order valence-corrected chi connectivity index (χ1v) is 9.76. The Labute approximate surface area is 176 Å². The lowest BCUT2D eigenvalue weighted by Gasteiger charge is -2.13. The second-order valence-corrected chi connectivity index (χ2v) is 6.98. The van der Waals surface area contributed by atoms with Gasteiger partial charge in [-0.15, -0.1) is 0 Å². The lowest BCUT2D eigenvalue weighted by molar-refractivity contribution is -0.116. The van der Waals surface area contributed by atoms with Crippen LogP contribution >= 0.6 is 0 Å². The van der Waals surface area contributed by atoms with Crippen molar-refractivity contribution in [2.45, 2.75) is 26.6 Å². The number of nitrogens with zero attached hydrogens (tertiary/aromatic N) is 4. The van der Waals surface area contributed by atoms with E-state index in [2.05, 4.69) is 10.3 Å². The van der Waals surface area contributed by atoms with Crippen LogP contribution in [0.25, 0.3) is 11.2 Å². The SMILES string of the molecule is CCn1cnc2c1c(=O)n(CC(=O)Nc1ccccc1F)c(=O)n2Cc1ccccc1. The molecule has 1 N–H and O–H groups in total. The first kappa shape index (κ1) is 20.3. The van der Waals surface area contributed by atoms with Crippen molar-refractivity contribution in [3.8, 4) is 0 Å². The smallest absolute Gasteiger partial charge is 0.325 e. The number of anilines is 1. The highest BCUT2D eigenvalue weighted by Crippen LogP contribution is 2.13. The van der Waals surface area contributed by atoms with E-state index in [0.29, 0.717) is 6.54 Å². The van der Waals surface area contributed by atoms with Gasteiger partial charge in [0.2, 0.25) is 5.91 Å². The van der Waals surface area contributed by atoms with Gasteiger partial charge in [0.05, 0.1) is 18.6 Å². The summed E-state index contributed by atoms with van der Waals surface area (Å²) in [4.78, 5) is 43.1. The number of imidazole rings is 1. The van der Waals surface area contributed by atoms with Crippen LogP contribution in [0.2, 0.25) is 0 Å². The highest BCUT2D eigenvalue weighted by atomic mass is 19.1. The number of aromatic nitrogens is 4. The van der Waals surface area contributed by atoms with Crippen LogP contribution in [0.3, 0.4) is 0 Å². The molecule has 0 saturated heterocycles. The van der Waals surface area contributed by atoms with Gasteiger partial charge in [-0.05, 0) is 24.6 Å². The summed E-state index contributed by atoms with van der Waals surface area (Å²) in [5, 5.41) is 2.41. The second kappa shape index (κ2) is 8.39. The topological polar surface area (TPSA) is 90.9 Å². The minimum atomic E-state index is -0.683. The van der Waals surface area contributed by atoms with Crippen LogP contribution in [-0.2, 0) is 24.4 Å². The number of aryl methyl sites for hydroxylation is 1. The number of carbonyl (C=O) groups excluding carboxylic acids is 1. The molecule has 0 radical (unpaired) electrons. The molecule has 2 heterocycles. The quantitative estimate of drug-likeness (QED) is 0.517. The van der Waals surface area contributed by atoms with Crippen molar-refractivity contribution in [1.29, 1.82) is 0 Å². The maximum Gasteiger partial charge on any atom is 0.333 e. The summed E-state index contributed by atoms with van der Waals surface area (Å²) < 4.78 is 17.7. The van der Waals surface area contributed by atoms with Crippen molar-refractivity contribution in [2.75, 3.05) is 5.32 Å². The van der Waals surface area contributed by atoms with Crippen LogP contribution in [-0.4, -0.2) is 24.6 Å². The summed E-state index contributed by atoms with van der Waals surface area (Å²) >= 11 is 0. The lowest BCUT2D eigenvalue weighted by atomic mass is 10.2. The molecule has 9 heteroatoms. The Morgan fingerprint density at radius 3 is 2.45 bits per heavy atom. The number of fused-ring (bicyclic) bond motifs is 1. The molecule has 0 aliphatic carbocycles. The van der Waals surface area contributed by atoms with Crippen LogP contribution in [0, 0.1) is 5.82 Å². The minimum absolute atomic E-state index is 0.0233. The van der Waals surface area contributed by atoms with Gasteiger partial charge in [-0.3, -0.25) is 14.2 Å². The summed E-state index contributed by atoms with van der Waals surface area (Å²) in [7, 11) is 0. The third-order valence-electron chi connectivity index (χ3n) is 4.96. The monoisotopic (exact) mass is 421 g/mol. The molecular weight excluding hydrogens is 401 g/mol. The van der Waals surface area contributed by atoms with Crippen molar-refractivity contribution in [1.82, 2.24) is 18.7 Å². The van der Waals surface area contributed by atoms with E-state index < -0.39 is 29.5 Å². The summed E-state index contributed by atoms with van der Waals surface area (Å²) in [6.07, 6.45) is 1.50. The summed E-state index contributed by atoms with van der Waals surface area (Å²) in [5.74, 6) is -1.29. The largest absolute Gasteiger partial charge is 0.333 e. The molecule has 2 aromatic carbocycles. The van der Waals surface area contributed by atoms with E-state index in [1.807, 2.05) is 37.3 Å². The van der Waals surface area contributed by atoms with Gasteiger partial charge in [0.1, 0.15) is 12.4 Å². The van der Waals surface area contributed by atoms with E-state index in [-0.39, 0.29) is 23.4 Å². The molecule has 8 nitrogen and oxygen atoms in total. The second-order valence-electron chi connectivity index (χ2n) is 6.98. The third-order valence-corrected chi connectivity index (χ3v) is 4.96. The molecule has 0 fully saturated rings. The summed E-state index contributed by atoms with van der Waals surface area (Å²) in [5.41, 5.74) is 0.0321. The highest BCUT2D eigenvalue weighted by Gasteiger charge is 2.20. The number of halogens is 1. The van der Waals surface area contributed by atoms with Crippen LogP contribution in [0.4, 0.5) is 10.1 Å². The van der Waals surface area contributed by atoms with Gasteiger partial charge < -0.3 is 9.88 Å². The van der Waals surface area contributed by atoms with Crippen LogP contribution < -0.4 is 16.6 Å². The van der Waals surface area contributed by atoms with E-state index in [1.165, 1.54) is 29.1 Å². The molecule has 4 rings (SSSR count). The van der Waals surface area contributed by atoms with E-state index in [1.54, 1.807) is 10.6 Å². The number of hydrogen-bond acceptors (Lipinski definition) is 4. The molecule has 4 aromatic rings. The molecule has 0 unspecified atom stereocenters. The van der Waals surface area contributed by atoms with Crippen molar-refractivity contribution < 1.29 is 9.18 Å². The standard InChI is InChI=1S/C22H20FN5O3/c1-2-26-14-24-20-19(26)21(30)28(13-18(29)25-17-11-7-6-10-16(17)23)22(31)27(20)12-15-8-4-3-5-9-15/h3-11,14H,2,12-13H2,1H3,(H,25,29).